The minimum Gasteiger partial charge on any atom is -0.297 e. The molecule has 2 rings (SSSR count). The van der Waals surface area contributed by atoms with E-state index in [1.54, 1.807) is 12.1 Å². The van der Waals surface area contributed by atoms with Crippen LogP contribution < -0.4 is 0 Å². The number of hydrogen-bond acceptors (Lipinski definition) is 3. The molecule has 0 saturated heterocycles. The standard InChI is InChI=1S/C15H14NO2.Y/c1-9-4-3-5-12(10(9)2)15(18)13(8-16)14(17)11-6-7-11;/h3,5,11,13H,6-7H2,1-2H3;/q-1;. The van der Waals surface area contributed by atoms with E-state index >= 15 is 0 Å². The van der Waals surface area contributed by atoms with Crippen molar-refractivity contribution in [3.05, 3.63) is 34.9 Å². The minimum absolute atomic E-state index is 0. The van der Waals surface area contributed by atoms with Gasteiger partial charge in [-0.2, -0.15) is 29.0 Å². The van der Waals surface area contributed by atoms with Crippen molar-refractivity contribution in [2.75, 3.05) is 0 Å². The predicted molar refractivity (Wildman–Crippen MR) is 65.9 cm³/mol. The van der Waals surface area contributed by atoms with E-state index in [-0.39, 0.29) is 50.2 Å². The van der Waals surface area contributed by atoms with E-state index in [0.29, 0.717) is 5.56 Å². The van der Waals surface area contributed by atoms with Crippen LogP contribution in [0.2, 0.25) is 0 Å². The molecule has 0 amide bonds. The summed E-state index contributed by atoms with van der Waals surface area (Å²) in [5.74, 6) is -1.80. The first kappa shape index (κ1) is 16.2. The van der Waals surface area contributed by atoms with E-state index in [2.05, 4.69) is 6.07 Å². The molecule has 4 heteroatoms. The molecule has 3 nitrogen and oxygen atoms in total. The molecular weight excluding hydrogens is 315 g/mol. The molecule has 0 N–H and O–H groups in total. The number of benzene rings is 1. The summed E-state index contributed by atoms with van der Waals surface area (Å²) < 4.78 is 0. The van der Waals surface area contributed by atoms with Gasteiger partial charge in [0.2, 0.25) is 0 Å². The second kappa shape index (κ2) is 6.54. The third kappa shape index (κ3) is 3.38. The molecule has 1 aliphatic rings. The Hall–Kier alpha value is -0.846. The zero-order valence-corrected chi connectivity index (χ0v) is 13.9. The fraction of sp³-hybridized carbons (Fsp3) is 0.400. The molecule has 0 aromatic heterocycles. The van der Waals surface area contributed by atoms with E-state index in [9.17, 15) is 9.59 Å². The van der Waals surface area contributed by atoms with E-state index < -0.39 is 5.92 Å². The number of aryl methyl sites for hydroxylation is 1. The number of rotatable bonds is 4. The quantitative estimate of drug-likeness (QED) is 0.484. The zero-order chi connectivity index (χ0) is 13.3. The van der Waals surface area contributed by atoms with Gasteiger partial charge in [-0.1, -0.05) is 19.4 Å². The van der Waals surface area contributed by atoms with Crippen molar-refractivity contribution in [3.8, 4) is 6.07 Å². The molecule has 1 radical (unpaired) electrons. The smallest absolute Gasteiger partial charge is 0.166 e. The summed E-state index contributed by atoms with van der Waals surface area (Å²) in [6.07, 6.45) is 1.62. The first-order valence-corrected chi connectivity index (χ1v) is 6.01. The maximum Gasteiger partial charge on any atom is 0.166 e. The summed E-state index contributed by atoms with van der Waals surface area (Å²) in [4.78, 5) is 24.2. The number of ketones is 2. The van der Waals surface area contributed by atoms with Crippen LogP contribution in [0.4, 0.5) is 0 Å². The molecule has 1 saturated carbocycles. The third-order valence-electron chi connectivity index (χ3n) is 3.44. The Kier molecular flexibility index (Phi) is 5.58. The second-order valence-electron chi connectivity index (χ2n) is 4.74. The number of hydrogen-bond donors (Lipinski definition) is 0. The van der Waals surface area contributed by atoms with Gasteiger partial charge < -0.3 is 0 Å². The Balaban J connectivity index is 0.00000180. The van der Waals surface area contributed by atoms with E-state index in [0.717, 1.165) is 24.0 Å². The Morgan fingerprint density at radius 3 is 2.58 bits per heavy atom. The monoisotopic (exact) mass is 329 g/mol. The molecule has 1 fully saturated rings. The fourth-order valence-electron chi connectivity index (χ4n) is 1.96. The van der Waals surface area contributed by atoms with Crippen LogP contribution in [0.5, 0.6) is 0 Å². The second-order valence-corrected chi connectivity index (χ2v) is 4.74. The predicted octanol–water partition coefficient (Wildman–Crippen LogP) is 2.40. The molecule has 95 valence electrons. The topological polar surface area (TPSA) is 57.9 Å². The van der Waals surface area contributed by atoms with Gasteiger partial charge in [-0.15, -0.1) is 5.56 Å². The van der Waals surface area contributed by atoms with Crippen LogP contribution in [-0.4, -0.2) is 11.6 Å². The normalized spacial score (nSPS) is 15.0. The zero-order valence-electron chi connectivity index (χ0n) is 11.1. The summed E-state index contributed by atoms with van der Waals surface area (Å²) in [7, 11) is 0. The molecule has 1 aromatic rings. The maximum atomic E-state index is 12.3. The first-order chi connectivity index (χ1) is 8.56. The van der Waals surface area contributed by atoms with Crippen LogP contribution in [-0.2, 0) is 37.5 Å². The molecule has 1 atom stereocenters. The van der Waals surface area contributed by atoms with Crippen LogP contribution in [0, 0.1) is 43.1 Å². The molecule has 0 aliphatic heterocycles. The average Bonchev–Trinajstić information content (AvgIpc) is 3.17. The average molecular weight is 329 g/mol. The fourth-order valence-corrected chi connectivity index (χ4v) is 1.96. The van der Waals surface area contributed by atoms with Gasteiger partial charge in [-0.3, -0.25) is 9.59 Å². The third-order valence-corrected chi connectivity index (χ3v) is 3.44. The number of carbonyl (C=O) groups excluding carboxylic acids is 2. The van der Waals surface area contributed by atoms with Crippen LogP contribution in [0.25, 0.3) is 0 Å². The van der Waals surface area contributed by atoms with Gasteiger partial charge in [-0.25, -0.2) is 0 Å². The van der Waals surface area contributed by atoms with Gasteiger partial charge in [0.15, 0.2) is 17.5 Å². The summed E-state index contributed by atoms with van der Waals surface area (Å²) in [6, 6.07) is 8.15. The van der Waals surface area contributed by atoms with Crippen LogP contribution in [0.15, 0.2) is 12.1 Å². The molecule has 0 spiro atoms. The van der Waals surface area contributed by atoms with Gasteiger partial charge >= 0.3 is 0 Å². The van der Waals surface area contributed by atoms with Crippen molar-refractivity contribution in [2.45, 2.75) is 26.7 Å². The molecule has 0 heterocycles. The van der Waals surface area contributed by atoms with Gasteiger partial charge in [0, 0.05) is 38.6 Å². The van der Waals surface area contributed by atoms with Gasteiger partial charge in [0.05, 0.1) is 6.07 Å². The SMILES string of the molecule is Cc1[c-]ccc(C(=O)C(C#N)C(=O)C2CC2)c1C.[Y]. The van der Waals surface area contributed by atoms with E-state index in [4.69, 9.17) is 5.26 Å². The van der Waals surface area contributed by atoms with E-state index in [1.807, 2.05) is 19.9 Å². The van der Waals surface area contributed by atoms with Crippen molar-refractivity contribution in [1.29, 1.82) is 5.26 Å². The van der Waals surface area contributed by atoms with Crippen LogP contribution >= 0.6 is 0 Å². The Bertz CT molecular complexity index is 556. The molecule has 1 aromatic carbocycles. The Labute approximate surface area is 138 Å². The van der Waals surface area contributed by atoms with Crippen molar-refractivity contribution in [1.82, 2.24) is 0 Å². The van der Waals surface area contributed by atoms with Gasteiger partial charge in [-0.05, 0) is 12.8 Å². The van der Waals surface area contributed by atoms with E-state index in [1.165, 1.54) is 0 Å². The van der Waals surface area contributed by atoms with Crippen molar-refractivity contribution < 1.29 is 42.3 Å². The number of nitrogens with zero attached hydrogens (tertiary/aromatic N) is 1. The maximum absolute atomic E-state index is 12.3. The summed E-state index contributed by atoms with van der Waals surface area (Å²) in [5.41, 5.74) is 2.13. The van der Waals surface area contributed by atoms with Crippen molar-refractivity contribution in [3.63, 3.8) is 0 Å². The van der Waals surface area contributed by atoms with Crippen LogP contribution in [0.1, 0.15) is 34.3 Å². The molecule has 1 aliphatic carbocycles. The molecule has 1 unspecified atom stereocenters. The number of carbonyl (C=O) groups is 2. The van der Waals surface area contributed by atoms with Gasteiger partial charge in [0.1, 0.15) is 0 Å². The van der Waals surface area contributed by atoms with Crippen molar-refractivity contribution >= 4 is 11.6 Å². The minimum atomic E-state index is -1.14. The Morgan fingerprint density at radius 1 is 1.42 bits per heavy atom. The van der Waals surface area contributed by atoms with Gasteiger partial charge in [0.25, 0.3) is 0 Å². The summed E-state index contributed by atoms with van der Waals surface area (Å²) in [5, 5.41) is 9.07. The number of Topliss-reactive ketones (excluding diaryl/α,β-unsaturated/α-hetero) is 2. The molecule has 19 heavy (non-hydrogen) atoms. The summed E-state index contributed by atoms with van der Waals surface area (Å²) >= 11 is 0. The molecule has 0 bridgehead atoms. The first-order valence-electron chi connectivity index (χ1n) is 6.01. The molecular formula is C15H14NO2Y-. The Morgan fingerprint density at radius 2 is 2.05 bits per heavy atom. The number of nitriles is 1. The summed E-state index contributed by atoms with van der Waals surface area (Å²) in [6.45, 7) is 3.67. The van der Waals surface area contributed by atoms with Crippen LogP contribution in [0.3, 0.4) is 0 Å². The largest absolute Gasteiger partial charge is 0.297 e. The van der Waals surface area contributed by atoms with Crippen molar-refractivity contribution in [2.24, 2.45) is 11.8 Å².